The Morgan fingerprint density at radius 3 is 2.57 bits per heavy atom. The highest BCUT2D eigenvalue weighted by Gasteiger charge is 2.29. The zero-order chi connectivity index (χ0) is 26.0. The number of aryl methyl sites for hydroxylation is 1. The van der Waals surface area contributed by atoms with Crippen LogP contribution >= 0.6 is 0 Å². The van der Waals surface area contributed by atoms with Crippen molar-refractivity contribution in [2.24, 2.45) is 5.73 Å². The van der Waals surface area contributed by atoms with Crippen LogP contribution in [0.5, 0.6) is 5.75 Å². The van der Waals surface area contributed by atoms with Crippen LogP contribution in [0.15, 0.2) is 18.2 Å². The van der Waals surface area contributed by atoms with E-state index >= 15 is 0 Å². The van der Waals surface area contributed by atoms with Gasteiger partial charge in [-0.15, -0.1) is 0 Å². The van der Waals surface area contributed by atoms with Crippen LogP contribution < -0.4 is 31.7 Å². The fraction of sp³-hybridized carbons (Fsp3) is 0.522. The van der Waals surface area contributed by atoms with Gasteiger partial charge in [0.15, 0.2) is 0 Å². The largest absolute Gasteiger partial charge is 0.493 e. The van der Waals surface area contributed by atoms with E-state index in [0.29, 0.717) is 19.4 Å². The van der Waals surface area contributed by atoms with E-state index < -0.39 is 54.3 Å². The van der Waals surface area contributed by atoms with E-state index in [2.05, 4.69) is 21.3 Å². The van der Waals surface area contributed by atoms with Gasteiger partial charge in [-0.05, 0) is 51.8 Å². The molecule has 0 spiro atoms. The maximum atomic E-state index is 13.0. The maximum Gasteiger partial charge on any atom is 0.322 e. The average Bonchev–Trinajstić information content (AvgIpc) is 2.81. The first kappa shape index (κ1) is 27.6. The first-order valence-electron chi connectivity index (χ1n) is 11.5. The van der Waals surface area contributed by atoms with Gasteiger partial charge in [-0.25, -0.2) is 0 Å². The molecule has 0 aromatic heterocycles. The lowest BCUT2D eigenvalue weighted by Crippen LogP contribution is -2.56. The number of unbranched alkanes of at least 4 members (excludes halogenated alkanes) is 1. The van der Waals surface area contributed by atoms with E-state index in [0.717, 1.165) is 5.56 Å². The molecule has 0 aliphatic carbocycles. The second-order valence-corrected chi connectivity index (χ2v) is 8.35. The van der Waals surface area contributed by atoms with E-state index in [9.17, 15) is 24.0 Å². The lowest BCUT2D eigenvalue weighted by atomic mass is 10.1. The van der Waals surface area contributed by atoms with E-state index in [1.807, 2.05) is 0 Å². The summed E-state index contributed by atoms with van der Waals surface area (Å²) in [6, 6.07) is 1.90. The number of ether oxygens (including phenoxy) is 1. The van der Waals surface area contributed by atoms with Gasteiger partial charge >= 0.3 is 5.97 Å². The molecule has 0 bridgehead atoms. The fourth-order valence-corrected chi connectivity index (χ4v) is 3.46. The highest BCUT2D eigenvalue weighted by atomic mass is 16.5. The maximum absolute atomic E-state index is 13.0. The van der Waals surface area contributed by atoms with Gasteiger partial charge in [0, 0.05) is 6.42 Å². The Kier molecular flexibility index (Phi) is 10.5. The molecule has 12 nitrogen and oxygen atoms in total. The van der Waals surface area contributed by atoms with Crippen molar-refractivity contribution in [3.8, 4) is 5.75 Å². The Morgan fingerprint density at radius 1 is 1.14 bits per heavy atom. The summed E-state index contributed by atoms with van der Waals surface area (Å²) in [4.78, 5) is 62.1. The molecule has 4 amide bonds. The number of nitrogens with one attached hydrogen (secondary N) is 4. The molecule has 1 heterocycles. The molecule has 12 heteroatoms. The minimum absolute atomic E-state index is 0.00794. The van der Waals surface area contributed by atoms with Gasteiger partial charge in [-0.1, -0.05) is 11.6 Å². The predicted molar refractivity (Wildman–Crippen MR) is 126 cm³/mol. The smallest absolute Gasteiger partial charge is 0.322 e. The first-order valence-corrected chi connectivity index (χ1v) is 11.5. The quantitative estimate of drug-likeness (QED) is 0.267. The molecule has 0 fully saturated rings. The van der Waals surface area contributed by atoms with Crippen molar-refractivity contribution in [3.63, 3.8) is 0 Å². The number of carboxylic acid groups (broad SMARTS) is 1. The minimum atomic E-state index is -1.24. The Hall–Kier alpha value is -3.67. The molecule has 0 radical (unpaired) electrons. The highest BCUT2D eigenvalue weighted by molar-refractivity contribution is 6.00. The number of carboxylic acids is 1. The van der Waals surface area contributed by atoms with Crippen molar-refractivity contribution in [1.29, 1.82) is 0 Å². The topological polar surface area (TPSA) is 189 Å². The second kappa shape index (κ2) is 13.3. The lowest BCUT2D eigenvalue weighted by molar-refractivity contribution is -0.138. The molecule has 1 aromatic carbocycles. The van der Waals surface area contributed by atoms with Crippen molar-refractivity contribution >= 4 is 29.6 Å². The van der Waals surface area contributed by atoms with E-state index in [1.165, 1.54) is 6.92 Å². The Balaban J connectivity index is 2.35. The number of amides is 4. The van der Waals surface area contributed by atoms with Crippen LogP contribution in [0, 0.1) is 6.92 Å². The zero-order valence-electron chi connectivity index (χ0n) is 19.9. The lowest BCUT2D eigenvalue weighted by Gasteiger charge is -2.25. The van der Waals surface area contributed by atoms with Crippen LogP contribution in [0.3, 0.4) is 0 Å². The van der Waals surface area contributed by atoms with Gasteiger partial charge in [-0.2, -0.15) is 0 Å². The number of benzene rings is 1. The van der Waals surface area contributed by atoms with Crippen LogP contribution in [-0.4, -0.2) is 72.5 Å². The van der Waals surface area contributed by atoms with Gasteiger partial charge in [0.25, 0.3) is 5.91 Å². The Morgan fingerprint density at radius 2 is 1.89 bits per heavy atom. The molecule has 1 unspecified atom stereocenters. The molecule has 35 heavy (non-hydrogen) atoms. The standard InChI is InChI=1S/C23H33N5O7/c1-13-6-7-18-15(11-13)21(32)26-14(2)20(31)27-16(5-3-4-9-24)23(34)28-17(8-10-35-18)22(33)25-12-19(29)30/h6-7,11,14,16-17H,3-5,8-10,12,24H2,1-2H3,(H,25,33)(H,26,32)(H,27,31)(H,28,34)(H,29,30)/t14?,16-,17-/m0/s1. The van der Waals surface area contributed by atoms with Crippen LogP contribution in [-0.2, 0) is 19.2 Å². The molecule has 192 valence electrons. The fourth-order valence-electron chi connectivity index (χ4n) is 3.46. The third kappa shape index (κ3) is 8.56. The summed E-state index contributed by atoms with van der Waals surface area (Å²) in [5.41, 5.74) is 6.56. The summed E-state index contributed by atoms with van der Waals surface area (Å²) in [6.45, 7) is 3.04. The minimum Gasteiger partial charge on any atom is -0.493 e. The van der Waals surface area contributed by atoms with E-state index in [4.69, 9.17) is 15.6 Å². The summed E-state index contributed by atoms with van der Waals surface area (Å²) in [5.74, 6) is -3.42. The van der Waals surface area contributed by atoms with Crippen LogP contribution in [0.1, 0.15) is 48.5 Å². The normalized spacial score (nSPS) is 21.3. The van der Waals surface area contributed by atoms with Gasteiger partial charge in [0.05, 0.1) is 12.2 Å². The monoisotopic (exact) mass is 491 g/mol. The summed E-state index contributed by atoms with van der Waals surface area (Å²) in [5, 5.41) is 19.0. The number of nitrogens with two attached hydrogens (primary N) is 1. The SMILES string of the molecule is Cc1ccc2c(c1)C(=O)NC(C)C(=O)N[C@@H](CCCCN)C(=O)N[C@H](C(=O)NCC(=O)O)CCO2. The molecular formula is C23H33N5O7. The van der Waals surface area contributed by atoms with Gasteiger partial charge < -0.3 is 36.8 Å². The van der Waals surface area contributed by atoms with Crippen molar-refractivity contribution in [2.75, 3.05) is 19.7 Å². The summed E-state index contributed by atoms with van der Waals surface area (Å²) >= 11 is 0. The molecule has 0 saturated carbocycles. The van der Waals surface area contributed by atoms with Crippen LogP contribution in [0.4, 0.5) is 0 Å². The van der Waals surface area contributed by atoms with Gasteiger partial charge in [0.1, 0.15) is 30.4 Å². The summed E-state index contributed by atoms with van der Waals surface area (Å²) in [7, 11) is 0. The summed E-state index contributed by atoms with van der Waals surface area (Å²) < 4.78 is 5.74. The molecule has 3 atom stereocenters. The second-order valence-electron chi connectivity index (χ2n) is 8.35. The molecular weight excluding hydrogens is 458 g/mol. The van der Waals surface area contributed by atoms with E-state index in [1.54, 1.807) is 25.1 Å². The number of carbonyl (C=O) groups is 5. The molecule has 1 aliphatic heterocycles. The number of carbonyl (C=O) groups excluding carboxylic acids is 4. The van der Waals surface area contributed by atoms with Crippen molar-refractivity contribution in [1.82, 2.24) is 21.3 Å². The molecule has 7 N–H and O–H groups in total. The van der Waals surface area contributed by atoms with Gasteiger partial charge in [-0.3, -0.25) is 24.0 Å². The molecule has 2 rings (SSSR count). The highest BCUT2D eigenvalue weighted by Crippen LogP contribution is 2.21. The molecule has 1 aromatic rings. The predicted octanol–water partition coefficient (Wildman–Crippen LogP) is -0.805. The summed E-state index contributed by atoms with van der Waals surface area (Å²) in [6.07, 6.45) is 1.42. The van der Waals surface area contributed by atoms with E-state index in [-0.39, 0.29) is 30.8 Å². The third-order valence-electron chi connectivity index (χ3n) is 5.41. The molecule has 0 saturated heterocycles. The average molecular weight is 492 g/mol. The van der Waals surface area contributed by atoms with Crippen molar-refractivity contribution in [3.05, 3.63) is 29.3 Å². The number of aliphatic carboxylic acids is 1. The Bertz CT molecular complexity index is 952. The van der Waals surface area contributed by atoms with Gasteiger partial charge in [0.2, 0.25) is 17.7 Å². The van der Waals surface area contributed by atoms with Crippen molar-refractivity contribution in [2.45, 2.75) is 57.7 Å². The number of hydrogen-bond acceptors (Lipinski definition) is 7. The van der Waals surface area contributed by atoms with Crippen LogP contribution in [0.2, 0.25) is 0 Å². The van der Waals surface area contributed by atoms with Crippen molar-refractivity contribution < 1.29 is 33.8 Å². The van der Waals surface area contributed by atoms with Crippen LogP contribution in [0.25, 0.3) is 0 Å². The number of fused-ring (bicyclic) bond motifs is 1. The third-order valence-corrected chi connectivity index (χ3v) is 5.41. The zero-order valence-corrected chi connectivity index (χ0v) is 19.9. The molecule has 1 aliphatic rings. The first-order chi connectivity index (χ1) is 16.6. The Labute approximate surface area is 203 Å². The number of hydrogen-bond donors (Lipinski definition) is 6. The number of rotatable bonds is 7.